The van der Waals surface area contributed by atoms with E-state index in [4.69, 9.17) is 11.6 Å². The van der Waals surface area contributed by atoms with E-state index in [-0.39, 0.29) is 15.8 Å². The first-order valence-electron chi connectivity index (χ1n) is 9.17. The van der Waals surface area contributed by atoms with Crippen LogP contribution in [0.2, 0.25) is 5.02 Å². The van der Waals surface area contributed by atoms with E-state index in [1.165, 1.54) is 30.1 Å². The third kappa shape index (κ3) is 5.58. The lowest BCUT2D eigenvalue weighted by atomic mass is 9.98. The van der Waals surface area contributed by atoms with Gasteiger partial charge in [0, 0.05) is 11.8 Å². The van der Waals surface area contributed by atoms with Gasteiger partial charge in [-0.2, -0.15) is 0 Å². The van der Waals surface area contributed by atoms with E-state index in [1.54, 1.807) is 12.3 Å². The topological polar surface area (TPSA) is 89.0 Å². The second kappa shape index (κ2) is 9.28. The van der Waals surface area contributed by atoms with Crippen molar-refractivity contribution in [3.05, 3.63) is 47.3 Å². The molecule has 0 unspecified atom stereocenters. The SMILES string of the molecule is CSc1cnc(NC(=O)/C(=C/C2CCCC2)c2ccc(S(C)(=O)=O)c(Cl)c2)cn1. The van der Waals surface area contributed by atoms with Crippen LogP contribution in [-0.4, -0.2) is 36.8 Å². The summed E-state index contributed by atoms with van der Waals surface area (Å²) in [6.45, 7) is 0. The van der Waals surface area contributed by atoms with E-state index < -0.39 is 9.84 Å². The largest absolute Gasteiger partial charge is 0.305 e. The molecule has 1 amide bonds. The maximum Gasteiger partial charge on any atom is 0.257 e. The number of hydrogen-bond acceptors (Lipinski definition) is 6. The molecule has 1 N–H and O–H groups in total. The fourth-order valence-corrected chi connectivity index (χ4v) is 4.95. The molecule has 1 saturated carbocycles. The number of hydrogen-bond donors (Lipinski definition) is 1. The molecule has 1 heterocycles. The molecule has 6 nitrogen and oxygen atoms in total. The number of carbonyl (C=O) groups is 1. The standard InChI is InChI=1S/C20H22ClN3O3S2/c1-28-19-12-22-18(11-23-19)24-20(25)15(9-13-5-3-4-6-13)14-7-8-17(16(21)10-14)29(2,26)27/h7-13H,3-6H2,1-2H3,(H,22,24,25)/b15-9+. The van der Waals surface area contributed by atoms with E-state index in [1.807, 2.05) is 12.3 Å². The number of thioether (sulfide) groups is 1. The first-order valence-corrected chi connectivity index (χ1v) is 12.7. The molecular formula is C20H22ClN3O3S2. The molecule has 1 aliphatic rings. The second-order valence-electron chi connectivity index (χ2n) is 6.94. The van der Waals surface area contributed by atoms with E-state index in [0.29, 0.717) is 22.9 Å². The number of carbonyl (C=O) groups excluding carboxylic acids is 1. The number of amides is 1. The van der Waals surface area contributed by atoms with Crippen LogP contribution in [0.3, 0.4) is 0 Å². The number of nitrogens with zero attached hydrogens (tertiary/aromatic N) is 2. The van der Waals surface area contributed by atoms with E-state index in [9.17, 15) is 13.2 Å². The number of rotatable bonds is 6. The minimum atomic E-state index is -3.45. The Kier molecular flexibility index (Phi) is 6.97. The number of halogens is 1. The molecule has 29 heavy (non-hydrogen) atoms. The van der Waals surface area contributed by atoms with Gasteiger partial charge in [-0.05, 0) is 42.7 Å². The van der Waals surface area contributed by atoms with Gasteiger partial charge in [0.05, 0.1) is 22.3 Å². The van der Waals surface area contributed by atoms with Crippen LogP contribution in [-0.2, 0) is 14.6 Å². The molecule has 0 aliphatic heterocycles. The molecule has 1 aromatic heterocycles. The van der Waals surface area contributed by atoms with Gasteiger partial charge in [-0.15, -0.1) is 11.8 Å². The number of benzene rings is 1. The predicted molar refractivity (Wildman–Crippen MR) is 117 cm³/mol. The Morgan fingerprint density at radius 3 is 2.52 bits per heavy atom. The van der Waals surface area contributed by atoms with Crippen LogP contribution < -0.4 is 5.32 Å². The Bertz CT molecular complexity index is 1030. The zero-order valence-corrected chi connectivity index (χ0v) is 18.6. The summed E-state index contributed by atoms with van der Waals surface area (Å²) in [5.41, 5.74) is 1.02. The van der Waals surface area contributed by atoms with Crippen molar-refractivity contribution in [1.82, 2.24) is 9.97 Å². The highest BCUT2D eigenvalue weighted by molar-refractivity contribution is 7.98. The molecule has 1 aromatic carbocycles. The quantitative estimate of drug-likeness (QED) is 0.515. The maximum absolute atomic E-state index is 13.0. The molecule has 2 aromatic rings. The zero-order valence-electron chi connectivity index (χ0n) is 16.2. The summed E-state index contributed by atoms with van der Waals surface area (Å²) in [7, 11) is -3.45. The van der Waals surface area contributed by atoms with Crippen LogP contribution in [0.15, 0.2) is 46.6 Å². The number of anilines is 1. The van der Waals surface area contributed by atoms with Crippen molar-refractivity contribution >= 4 is 50.5 Å². The van der Waals surface area contributed by atoms with Gasteiger partial charge in [0.15, 0.2) is 15.7 Å². The van der Waals surface area contributed by atoms with Crippen LogP contribution in [0, 0.1) is 5.92 Å². The highest BCUT2D eigenvalue weighted by atomic mass is 35.5. The average molecular weight is 452 g/mol. The summed E-state index contributed by atoms with van der Waals surface area (Å²) < 4.78 is 23.7. The Hall–Kier alpha value is -1.90. The van der Waals surface area contributed by atoms with Crippen molar-refractivity contribution in [3.8, 4) is 0 Å². The van der Waals surface area contributed by atoms with Crippen molar-refractivity contribution in [2.75, 3.05) is 17.8 Å². The van der Waals surface area contributed by atoms with E-state index >= 15 is 0 Å². The first-order chi connectivity index (χ1) is 13.8. The van der Waals surface area contributed by atoms with Crippen LogP contribution in [0.25, 0.3) is 5.57 Å². The zero-order chi connectivity index (χ0) is 21.0. The molecular weight excluding hydrogens is 430 g/mol. The lowest BCUT2D eigenvalue weighted by Crippen LogP contribution is -2.16. The summed E-state index contributed by atoms with van der Waals surface area (Å²) in [4.78, 5) is 21.5. The Labute approximate surface area is 180 Å². The molecule has 154 valence electrons. The van der Waals surface area contributed by atoms with Gasteiger partial charge in [-0.1, -0.05) is 36.6 Å². The van der Waals surface area contributed by atoms with Crippen LogP contribution in [0.1, 0.15) is 31.2 Å². The molecule has 3 rings (SSSR count). The normalized spacial score (nSPS) is 15.5. The second-order valence-corrected chi connectivity index (χ2v) is 10.2. The van der Waals surface area contributed by atoms with Gasteiger partial charge in [0.2, 0.25) is 0 Å². The van der Waals surface area contributed by atoms with Gasteiger partial charge in [-0.3, -0.25) is 4.79 Å². The summed E-state index contributed by atoms with van der Waals surface area (Å²) in [6.07, 6.45) is 12.4. The van der Waals surface area contributed by atoms with Crippen molar-refractivity contribution in [1.29, 1.82) is 0 Å². The van der Waals surface area contributed by atoms with Crippen LogP contribution in [0.4, 0.5) is 5.82 Å². The van der Waals surface area contributed by atoms with Crippen molar-refractivity contribution < 1.29 is 13.2 Å². The summed E-state index contributed by atoms with van der Waals surface area (Å²) in [5, 5.41) is 3.63. The smallest absolute Gasteiger partial charge is 0.257 e. The Balaban J connectivity index is 1.94. The summed E-state index contributed by atoms with van der Waals surface area (Å²) in [5.74, 6) is 0.323. The third-order valence-electron chi connectivity index (χ3n) is 4.77. The van der Waals surface area contributed by atoms with Crippen LogP contribution >= 0.6 is 23.4 Å². The molecule has 0 atom stereocenters. The van der Waals surface area contributed by atoms with E-state index in [2.05, 4.69) is 15.3 Å². The average Bonchev–Trinajstić information content (AvgIpc) is 3.19. The number of sulfone groups is 1. The number of allylic oxidation sites excluding steroid dienone is 1. The minimum absolute atomic E-state index is 0.0436. The fraction of sp³-hybridized carbons (Fsp3) is 0.350. The molecule has 0 spiro atoms. The monoisotopic (exact) mass is 451 g/mol. The van der Waals surface area contributed by atoms with Gasteiger partial charge >= 0.3 is 0 Å². The fourth-order valence-electron chi connectivity index (χ4n) is 3.30. The molecule has 0 saturated heterocycles. The van der Waals surface area contributed by atoms with Crippen molar-refractivity contribution in [2.45, 2.75) is 35.6 Å². The molecule has 9 heteroatoms. The highest BCUT2D eigenvalue weighted by Gasteiger charge is 2.21. The minimum Gasteiger partial charge on any atom is -0.305 e. The number of nitrogens with one attached hydrogen (secondary N) is 1. The van der Waals surface area contributed by atoms with E-state index in [0.717, 1.165) is 37.0 Å². The van der Waals surface area contributed by atoms with Gasteiger partial charge in [0.1, 0.15) is 5.03 Å². The lowest BCUT2D eigenvalue weighted by Gasteiger charge is -2.13. The van der Waals surface area contributed by atoms with Gasteiger partial charge in [-0.25, -0.2) is 18.4 Å². The first kappa shape index (κ1) is 21.8. The predicted octanol–water partition coefficient (Wildman–Crippen LogP) is 4.47. The Morgan fingerprint density at radius 1 is 1.24 bits per heavy atom. The van der Waals surface area contributed by atoms with Crippen molar-refractivity contribution in [3.63, 3.8) is 0 Å². The number of aromatic nitrogens is 2. The molecule has 0 radical (unpaired) electrons. The molecule has 0 bridgehead atoms. The maximum atomic E-state index is 13.0. The van der Waals surface area contributed by atoms with Crippen LogP contribution in [0.5, 0.6) is 0 Å². The van der Waals surface area contributed by atoms with Gasteiger partial charge < -0.3 is 5.32 Å². The van der Waals surface area contributed by atoms with Gasteiger partial charge in [0.25, 0.3) is 5.91 Å². The molecule has 1 aliphatic carbocycles. The molecule has 1 fully saturated rings. The third-order valence-corrected chi connectivity index (χ3v) is 6.98. The lowest BCUT2D eigenvalue weighted by molar-refractivity contribution is -0.111. The Morgan fingerprint density at radius 2 is 1.97 bits per heavy atom. The van der Waals surface area contributed by atoms with Crippen molar-refractivity contribution in [2.24, 2.45) is 5.92 Å². The highest BCUT2D eigenvalue weighted by Crippen LogP contribution is 2.32. The summed E-state index contributed by atoms with van der Waals surface area (Å²) in [6, 6.07) is 4.59. The summed E-state index contributed by atoms with van der Waals surface area (Å²) >= 11 is 7.67.